The van der Waals surface area contributed by atoms with Crippen LogP contribution in [0.5, 0.6) is 11.5 Å². The average molecular weight is 481 g/mol. The molecule has 2 heterocycles. The summed E-state index contributed by atoms with van der Waals surface area (Å²) in [6, 6.07) is 24.7. The number of phenols is 1. The van der Waals surface area contributed by atoms with E-state index in [4.69, 9.17) is 9.84 Å². The highest BCUT2D eigenvalue weighted by Crippen LogP contribution is 2.33. The molecule has 1 radical (unpaired) electrons. The molecule has 0 bridgehead atoms. The Kier molecular flexibility index (Phi) is 7.14. The van der Waals surface area contributed by atoms with Crippen LogP contribution in [0.15, 0.2) is 72.8 Å². The number of aromatic hydroxyl groups is 1. The predicted molar refractivity (Wildman–Crippen MR) is 140 cm³/mol. The molecule has 1 fully saturated rings. The quantitative estimate of drug-likeness (QED) is 0.374. The van der Waals surface area contributed by atoms with Crippen molar-refractivity contribution >= 4 is 5.91 Å². The molecule has 1 aromatic heterocycles. The molecule has 6 nitrogen and oxygen atoms in total. The number of hydrogen-bond donors (Lipinski definition) is 1. The zero-order valence-electron chi connectivity index (χ0n) is 20.5. The monoisotopic (exact) mass is 480 g/mol. The minimum absolute atomic E-state index is 0.112. The average Bonchev–Trinajstić information content (AvgIpc) is 3.27. The van der Waals surface area contributed by atoms with E-state index in [0.717, 1.165) is 53.5 Å². The summed E-state index contributed by atoms with van der Waals surface area (Å²) in [6.07, 6.45) is 3.87. The molecule has 0 unspecified atom stereocenters. The number of ether oxygens (including phenoxy) is 1. The van der Waals surface area contributed by atoms with Crippen molar-refractivity contribution in [3.63, 3.8) is 0 Å². The normalized spacial score (nSPS) is 14.0. The molecule has 6 heteroatoms. The summed E-state index contributed by atoms with van der Waals surface area (Å²) in [4.78, 5) is 15.9. The van der Waals surface area contributed by atoms with Crippen LogP contribution in [0.4, 0.5) is 0 Å². The van der Waals surface area contributed by atoms with Crippen molar-refractivity contribution < 1.29 is 14.6 Å². The van der Waals surface area contributed by atoms with Crippen LogP contribution >= 0.6 is 0 Å². The van der Waals surface area contributed by atoms with E-state index in [1.54, 1.807) is 12.1 Å². The van der Waals surface area contributed by atoms with Gasteiger partial charge >= 0.3 is 0 Å². The lowest BCUT2D eigenvalue weighted by atomic mass is 10.0. The molecule has 0 saturated carbocycles. The van der Waals surface area contributed by atoms with E-state index >= 15 is 0 Å². The lowest BCUT2D eigenvalue weighted by Crippen LogP contribution is -2.33. The van der Waals surface area contributed by atoms with Crippen molar-refractivity contribution in [3.05, 3.63) is 90.0 Å². The number of hydrogen-bond acceptors (Lipinski definition) is 5. The van der Waals surface area contributed by atoms with Crippen LogP contribution in [0, 0.1) is 13.0 Å². The Morgan fingerprint density at radius 3 is 2.33 bits per heavy atom. The zero-order valence-corrected chi connectivity index (χ0v) is 20.5. The van der Waals surface area contributed by atoms with Crippen molar-refractivity contribution in [1.29, 1.82) is 0 Å². The van der Waals surface area contributed by atoms with Gasteiger partial charge in [0.2, 0.25) is 0 Å². The molecule has 0 atom stereocenters. The van der Waals surface area contributed by atoms with Crippen molar-refractivity contribution in [3.8, 4) is 34.0 Å². The Labute approximate surface area is 211 Å². The molecule has 36 heavy (non-hydrogen) atoms. The van der Waals surface area contributed by atoms with Gasteiger partial charge in [-0.15, -0.1) is 0 Å². The minimum atomic E-state index is -0.260. The summed E-state index contributed by atoms with van der Waals surface area (Å²) in [5.41, 5.74) is 4.63. The first kappa shape index (κ1) is 23.8. The fraction of sp³-hybridized carbons (Fsp3) is 0.267. The van der Waals surface area contributed by atoms with Crippen molar-refractivity contribution in [2.75, 3.05) is 26.2 Å². The third kappa shape index (κ3) is 5.19. The molecule has 4 aromatic rings. The molecule has 1 aliphatic heterocycles. The molecular formula is C30H30N3O3. The van der Waals surface area contributed by atoms with E-state index < -0.39 is 0 Å². The third-order valence-electron chi connectivity index (χ3n) is 6.67. The second-order valence-electron chi connectivity index (χ2n) is 9.15. The number of benzene rings is 3. The van der Waals surface area contributed by atoms with Gasteiger partial charge in [0.1, 0.15) is 18.1 Å². The molecule has 3 aromatic carbocycles. The smallest absolute Gasteiger partial charge is 0.278 e. The van der Waals surface area contributed by atoms with Gasteiger partial charge in [0.15, 0.2) is 0 Å². The van der Waals surface area contributed by atoms with Gasteiger partial charge < -0.3 is 9.84 Å². The Morgan fingerprint density at radius 1 is 0.944 bits per heavy atom. The predicted octanol–water partition coefficient (Wildman–Crippen LogP) is 5.58. The van der Waals surface area contributed by atoms with E-state index in [-0.39, 0.29) is 11.7 Å². The van der Waals surface area contributed by atoms with E-state index in [1.807, 2.05) is 55.5 Å². The summed E-state index contributed by atoms with van der Waals surface area (Å²) < 4.78 is 7.46. The number of nitrogens with zero attached hydrogens (tertiary/aromatic N) is 3. The lowest BCUT2D eigenvalue weighted by Gasteiger charge is -2.26. The Morgan fingerprint density at radius 2 is 1.64 bits per heavy atom. The summed E-state index contributed by atoms with van der Waals surface area (Å²) >= 11 is 0. The Balaban J connectivity index is 1.43. The molecule has 5 rings (SSSR count). The van der Waals surface area contributed by atoms with Gasteiger partial charge in [0, 0.05) is 28.8 Å². The molecule has 1 aliphatic rings. The summed E-state index contributed by atoms with van der Waals surface area (Å²) in [5.74, 6) is 0.660. The van der Waals surface area contributed by atoms with Gasteiger partial charge in [-0.05, 0) is 87.5 Å². The first-order valence-corrected chi connectivity index (χ1v) is 12.5. The van der Waals surface area contributed by atoms with Crippen LogP contribution in [0.25, 0.3) is 22.5 Å². The maximum absolute atomic E-state index is 13.5. The van der Waals surface area contributed by atoms with Gasteiger partial charge in [-0.2, -0.15) is 9.78 Å². The van der Waals surface area contributed by atoms with Gasteiger partial charge in [-0.3, -0.25) is 9.69 Å². The number of carbonyl (C=O) groups is 1. The first-order valence-electron chi connectivity index (χ1n) is 12.5. The second kappa shape index (κ2) is 10.8. The Bertz CT molecular complexity index is 1310. The standard InChI is InChI=1S/C30H30N3O3/c1-22-28(23-8-4-2-5-9-23)31-33(30(35)25-10-14-26(34)15-11-25)29(22)24-12-16-27(17-13-24)36-21-20-32-18-6-3-7-19-32/h4-5,8-17,34H,3,6-7,18-21H2,1H3. The van der Waals surface area contributed by atoms with Crippen LogP contribution in [0.1, 0.15) is 35.2 Å². The highest BCUT2D eigenvalue weighted by atomic mass is 16.5. The Hall–Kier alpha value is -3.90. The van der Waals surface area contributed by atoms with E-state index in [9.17, 15) is 9.90 Å². The number of aromatic nitrogens is 2. The maximum atomic E-state index is 13.5. The fourth-order valence-corrected chi connectivity index (χ4v) is 4.71. The molecule has 0 spiro atoms. The second-order valence-corrected chi connectivity index (χ2v) is 9.15. The molecular weight excluding hydrogens is 450 g/mol. The topological polar surface area (TPSA) is 67.6 Å². The number of piperidine rings is 1. The van der Waals surface area contributed by atoms with Crippen LogP contribution in [-0.4, -0.2) is 51.9 Å². The minimum Gasteiger partial charge on any atom is -0.508 e. The zero-order chi connectivity index (χ0) is 24.9. The maximum Gasteiger partial charge on any atom is 0.278 e. The largest absolute Gasteiger partial charge is 0.508 e. The highest BCUT2D eigenvalue weighted by molar-refractivity contribution is 5.99. The number of likely N-dealkylation sites (tertiary alicyclic amines) is 1. The van der Waals surface area contributed by atoms with Crippen LogP contribution in [-0.2, 0) is 0 Å². The first-order chi connectivity index (χ1) is 17.6. The van der Waals surface area contributed by atoms with E-state index in [2.05, 4.69) is 11.0 Å². The van der Waals surface area contributed by atoms with Crippen LogP contribution < -0.4 is 4.74 Å². The summed E-state index contributed by atoms with van der Waals surface area (Å²) in [7, 11) is 0. The molecule has 1 saturated heterocycles. The summed E-state index contributed by atoms with van der Waals surface area (Å²) in [6.45, 7) is 5.89. The molecule has 1 N–H and O–H groups in total. The molecule has 0 amide bonds. The van der Waals surface area contributed by atoms with Crippen LogP contribution in [0.2, 0.25) is 0 Å². The van der Waals surface area contributed by atoms with Gasteiger partial charge in [0.25, 0.3) is 5.91 Å². The van der Waals surface area contributed by atoms with Gasteiger partial charge in [-0.25, -0.2) is 0 Å². The fourth-order valence-electron chi connectivity index (χ4n) is 4.71. The SMILES string of the molecule is Cc1c(-c2cc[c]cc2)nn(C(=O)c2ccc(O)cc2)c1-c1ccc(OCCN2CCCCC2)cc1. The van der Waals surface area contributed by atoms with E-state index in [1.165, 1.54) is 36.1 Å². The van der Waals surface area contributed by atoms with Crippen molar-refractivity contribution in [2.24, 2.45) is 0 Å². The van der Waals surface area contributed by atoms with Crippen molar-refractivity contribution in [2.45, 2.75) is 26.2 Å². The molecule has 0 aliphatic carbocycles. The van der Waals surface area contributed by atoms with Crippen LogP contribution in [0.3, 0.4) is 0 Å². The van der Waals surface area contributed by atoms with Gasteiger partial charge in [-0.1, -0.05) is 30.7 Å². The van der Waals surface area contributed by atoms with Gasteiger partial charge in [0.05, 0.1) is 11.4 Å². The molecule has 183 valence electrons. The summed E-state index contributed by atoms with van der Waals surface area (Å²) in [5, 5.41) is 14.4. The number of phenolic OH excluding ortho intramolecular Hbond substituents is 1. The number of rotatable bonds is 7. The van der Waals surface area contributed by atoms with E-state index in [0.29, 0.717) is 12.2 Å². The highest BCUT2D eigenvalue weighted by Gasteiger charge is 2.22. The van der Waals surface area contributed by atoms with Crippen molar-refractivity contribution in [1.82, 2.24) is 14.7 Å². The third-order valence-corrected chi connectivity index (χ3v) is 6.67. The number of carbonyl (C=O) groups excluding carboxylic acids is 1. The lowest BCUT2D eigenvalue weighted by molar-refractivity contribution is 0.0947.